The van der Waals surface area contributed by atoms with Gasteiger partial charge in [-0.05, 0) is 19.0 Å². The van der Waals surface area contributed by atoms with Crippen LogP contribution in [0.15, 0.2) is 91.0 Å². The van der Waals surface area contributed by atoms with Gasteiger partial charge in [-0.25, -0.2) is 0 Å². The van der Waals surface area contributed by atoms with Gasteiger partial charge in [0, 0.05) is 31.2 Å². The summed E-state index contributed by atoms with van der Waals surface area (Å²) in [6.45, 7) is 4.23. The van der Waals surface area contributed by atoms with Crippen LogP contribution in [0.2, 0.25) is 0 Å². The molecule has 0 radical (unpaired) electrons. The largest absolute Gasteiger partial charge is 0.339 e. The second-order valence-electron chi connectivity index (χ2n) is 8.84. The van der Waals surface area contributed by atoms with E-state index in [-0.39, 0.29) is 7.92 Å². The molecule has 0 saturated carbocycles. The Morgan fingerprint density at radius 3 is 1.36 bits per heavy atom. The number of hydrogen-bond acceptors (Lipinski definition) is 2. The van der Waals surface area contributed by atoms with Crippen molar-refractivity contribution in [2.45, 2.75) is 19.6 Å². The van der Waals surface area contributed by atoms with Crippen LogP contribution in [0.1, 0.15) is 16.7 Å². The van der Waals surface area contributed by atoms with Gasteiger partial charge >= 0.3 is 33.0 Å². The van der Waals surface area contributed by atoms with E-state index in [4.69, 9.17) is 0 Å². The Bertz CT molecular complexity index is 995. The van der Waals surface area contributed by atoms with Gasteiger partial charge in [-0.2, -0.15) is 0 Å². The summed E-state index contributed by atoms with van der Waals surface area (Å²) in [5, 5.41) is 2.51. The molecule has 3 aromatic rings. The molecule has 198 valence electrons. The summed E-state index contributed by atoms with van der Waals surface area (Å²) in [6.07, 6.45) is 3.71. The Morgan fingerprint density at radius 1 is 0.611 bits per heavy atom. The van der Waals surface area contributed by atoms with E-state index in [9.17, 15) is 25.2 Å². The molecule has 0 bridgehead atoms. The third kappa shape index (κ3) is 13.3. The Labute approximate surface area is 209 Å². The summed E-state index contributed by atoms with van der Waals surface area (Å²) in [4.78, 5) is 5.29. The Balaban J connectivity index is 0.000000454. The molecule has 0 atom stereocenters. The summed E-state index contributed by atoms with van der Waals surface area (Å²) >= 11 is 0. The van der Waals surface area contributed by atoms with Crippen molar-refractivity contribution in [3.05, 3.63) is 108 Å². The molecule has 3 aromatic carbocycles. The van der Waals surface area contributed by atoms with Crippen molar-refractivity contribution in [1.29, 1.82) is 0 Å². The van der Waals surface area contributed by atoms with Crippen molar-refractivity contribution in [3.63, 3.8) is 0 Å². The monoisotopic (exact) mass is 549 g/mol. The number of quaternary nitrogens is 1. The molecule has 1 heterocycles. The summed E-state index contributed by atoms with van der Waals surface area (Å²) in [6, 6.07) is 32.6. The van der Waals surface area contributed by atoms with Gasteiger partial charge in [-0.3, -0.25) is 9.80 Å². The van der Waals surface area contributed by atoms with Crippen molar-refractivity contribution >= 4 is 15.7 Å². The molecule has 2 N–H and O–H groups in total. The number of hydrogen-bond donors (Lipinski definition) is 1. The number of nitrogens with zero attached hydrogens (tertiary/aromatic N) is 2. The fourth-order valence-electron chi connectivity index (χ4n) is 4.01. The quantitative estimate of drug-likeness (QED) is 0.233. The van der Waals surface area contributed by atoms with Gasteiger partial charge in [0.25, 0.3) is 0 Å². The average Bonchev–Trinajstić information content (AvgIpc) is 2.79. The second-order valence-corrected chi connectivity index (χ2v) is 13.0. The maximum Gasteiger partial charge on any atom is 0.101 e. The predicted molar refractivity (Wildman–Crippen MR) is 136 cm³/mol. The van der Waals surface area contributed by atoms with Gasteiger partial charge in [0.15, 0.2) is 0 Å². The van der Waals surface area contributed by atoms with Crippen LogP contribution < -0.4 is 5.32 Å². The van der Waals surface area contributed by atoms with Crippen LogP contribution in [0.5, 0.6) is 0 Å². The van der Waals surface area contributed by atoms with Gasteiger partial charge in [0.1, 0.15) is 6.54 Å². The molecule has 1 saturated heterocycles. The van der Waals surface area contributed by atoms with Crippen molar-refractivity contribution in [3.8, 4) is 0 Å². The Hall–Kier alpha value is -2.02. The van der Waals surface area contributed by atoms with Crippen LogP contribution in [-0.4, -0.2) is 35.3 Å². The zero-order valence-electron chi connectivity index (χ0n) is 19.7. The van der Waals surface area contributed by atoms with E-state index < -0.39 is 7.81 Å². The molecule has 1 fully saturated rings. The first kappa shape index (κ1) is 28.5. The van der Waals surface area contributed by atoms with Crippen molar-refractivity contribution in [2.24, 2.45) is 0 Å². The average molecular weight is 549 g/mol. The van der Waals surface area contributed by atoms with Crippen LogP contribution >= 0.6 is 15.7 Å². The minimum Gasteiger partial charge on any atom is -0.339 e. The summed E-state index contributed by atoms with van der Waals surface area (Å²) < 4.78 is 59.2. The molecule has 0 spiro atoms. The molecule has 1 aliphatic rings. The van der Waals surface area contributed by atoms with Crippen molar-refractivity contribution < 1.29 is 30.5 Å². The van der Waals surface area contributed by atoms with Crippen LogP contribution in [0.3, 0.4) is 0 Å². The minimum absolute atomic E-state index is 0.0427. The fourth-order valence-corrected chi connectivity index (χ4v) is 6.33. The van der Waals surface area contributed by atoms with Crippen molar-refractivity contribution in [2.75, 3.05) is 25.5 Å². The molecule has 3 nitrogen and oxygen atoms in total. The van der Waals surface area contributed by atoms with E-state index in [0.717, 1.165) is 26.3 Å². The number of benzene rings is 3. The zero-order chi connectivity index (χ0) is 26.1. The second kappa shape index (κ2) is 11.6. The molecule has 0 aromatic heterocycles. The van der Waals surface area contributed by atoms with Crippen LogP contribution in [-0.2, 0) is 19.6 Å². The molecule has 0 amide bonds. The summed E-state index contributed by atoms with van der Waals surface area (Å²) in [5.74, 6) is 0. The van der Waals surface area contributed by atoms with Gasteiger partial charge in [0.05, 0.1) is 13.0 Å². The number of halogens is 6. The molecule has 4 rings (SSSR count). The van der Waals surface area contributed by atoms with Gasteiger partial charge in [0.2, 0.25) is 0 Å². The first-order chi connectivity index (χ1) is 16.8. The predicted octanol–water partition coefficient (Wildman–Crippen LogP) is 7.46. The minimum atomic E-state index is -10.7. The first-order valence-electron chi connectivity index (χ1n) is 11.5. The van der Waals surface area contributed by atoms with E-state index in [1.165, 1.54) is 35.5 Å². The van der Waals surface area contributed by atoms with E-state index >= 15 is 0 Å². The van der Waals surface area contributed by atoms with Crippen LogP contribution in [0, 0.1) is 0 Å². The maximum atomic E-state index is 9.87. The topological polar surface area (TPSA) is 23.1 Å². The van der Waals surface area contributed by atoms with Gasteiger partial charge in [-0.1, -0.05) is 91.0 Å². The van der Waals surface area contributed by atoms with Gasteiger partial charge in [-0.15, -0.1) is 0 Å². The standard InChI is InChI=1S/C25H30N3P.F6P/c1-4-10-23(11-5-1)16-26-19-29-21-27(17-24-12-6-2-7-13-24)20-28(22-29)18-25-14-8-3-9-15-25;1-7(2,3,4,5)6/h1-15,26H,16-22H2;/q;-1/p+1. The maximum absolute atomic E-state index is 10.7. The van der Waals surface area contributed by atoms with Crippen LogP contribution in [0.4, 0.5) is 25.2 Å². The molecule has 0 unspecified atom stereocenters. The van der Waals surface area contributed by atoms with Gasteiger partial charge < -0.3 is 5.32 Å². The van der Waals surface area contributed by atoms with E-state index in [1.54, 1.807) is 0 Å². The smallest absolute Gasteiger partial charge is 0.101 e. The van der Waals surface area contributed by atoms with E-state index in [0.29, 0.717) is 0 Å². The SMILES string of the molecule is F[P-](F)(F)(F)(F)F.c1ccc(C[NH2+]CP2CN(Cc3ccccc3)CN(Cc3ccccc3)C2)cc1. The molecule has 11 heteroatoms. The van der Waals surface area contributed by atoms with E-state index in [1.807, 2.05) is 0 Å². The van der Waals surface area contributed by atoms with Crippen LogP contribution in [0.25, 0.3) is 0 Å². The van der Waals surface area contributed by atoms with Crippen molar-refractivity contribution in [1.82, 2.24) is 9.80 Å². The molecular formula is C25H31F6N3P2. The third-order valence-corrected chi connectivity index (χ3v) is 7.68. The molecular weight excluding hydrogens is 518 g/mol. The molecule has 1 aliphatic heterocycles. The third-order valence-electron chi connectivity index (χ3n) is 5.31. The van der Waals surface area contributed by atoms with E-state index in [2.05, 4.69) is 106 Å². The Kier molecular flexibility index (Phi) is 9.18. The number of rotatable bonds is 8. The summed E-state index contributed by atoms with van der Waals surface area (Å²) in [7, 11) is -10.7. The molecule has 0 aliphatic carbocycles. The normalized spacial score (nSPS) is 17.5. The summed E-state index contributed by atoms with van der Waals surface area (Å²) in [5.41, 5.74) is 4.25. The fraction of sp³-hybridized carbons (Fsp3) is 0.280. The number of nitrogens with two attached hydrogens (primary N) is 1. The first-order valence-corrected chi connectivity index (χ1v) is 15.4. The zero-order valence-corrected chi connectivity index (χ0v) is 21.5. The Morgan fingerprint density at radius 2 is 0.972 bits per heavy atom. The molecule has 36 heavy (non-hydrogen) atoms.